The molecule has 16 heavy (non-hydrogen) atoms. The minimum Gasteiger partial charge on any atom is -0.462 e. The van der Waals surface area contributed by atoms with Crippen LogP contribution in [0, 0.1) is 11.3 Å². The van der Waals surface area contributed by atoms with E-state index in [9.17, 15) is 4.79 Å². The standard InChI is InChI=1S/C13H25NO2/c1-4-13(3,9-14)12(15)16-11-8-6-5-7-10(11)2/h10-11H,4-9,14H2,1-3H3. The summed E-state index contributed by atoms with van der Waals surface area (Å²) >= 11 is 0. The first-order chi connectivity index (χ1) is 7.53. The molecule has 1 rings (SSSR count). The summed E-state index contributed by atoms with van der Waals surface area (Å²) in [5, 5.41) is 0. The van der Waals surface area contributed by atoms with E-state index in [-0.39, 0.29) is 12.1 Å². The molecule has 2 N–H and O–H groups in total. The van der Waals surface area contributed by atoms with E-state index in [1.54, 1.807) is 0 Å². The van der Waals surface area contributed by atoms with Gasteiger partial charge in [0.25, 0.3) is 0 Å². The van der Waals surface area contributed by atoms with Gasteiger partial charge in [0, 0.05) is 6.54 Å². The van der Waals surface area contributed by atoms with E-state index in [2.05, 4.69) is 6.92 Å². The number of carbonyl (C=O) groups excluding carboxylic acids is 1. The summed E-state index contributed by atoms with van der Waals surface area (Å²) in [5.41, 5.74) is 5.15. The molecule has 0 spiro atoms. The summed E-state index contributed by atoms with van der Waals surface area (Å²) in [7, 11) is 0. The second-order valence-corrected chi connectivity index (χ2v) is 5.32. The summed E-state index contributed by atoms with van der Waals surface area (Å²) in [6.45, 7) is 6.41. The average Bonchev–Trinajstić information content (AvgIpc) is 2.31. The Hall–Kier alpha value is -0.570. The second-order valence-electron chi connectivity index (χ2n) is 5.32. The topological polar surface area (TPSA) is 52.3 Å². The first kappa shape index (κ1) is 13.5. The fourth-order valence-electron chi connectivity index (χ4n) is 2.11. The van der Waals surface area contributed by atoms with Crippen molar-refractivity contribution in [3.8, 4) is 0 Å². The highest BCUT2D eigenvalue weighted by Gasteiger charge is 2.35. The van der Waals surface area contributed by atoms with Gasteiger partial charge in [-0.05, 0) is 38.5 Å². The fourth-order valence-corrected chi connectivity index (χ4v) is 2.11. The number of hydrogen-bond acceptors (Lipinski definition) is 3. The number of hydrogen-bond donors (Lipinski definition) is 1. The molecule has 1 saturated carbocycles. The van der Waals surface area contributed by atoms with Crippen LogP contribution >= 0.6 is 0 Å². The van der Waals surface area contributed by atoms with Crippen LogP contribution in [-0.2, 0) is 9.53 Å². The predicted molar refractivity (Wildman–Crippen MR) is 65.0 cm³/mol. The van der Waals surface area contributed by atoms with Gasteiger partial charge in [-0.1, -0.05) is 20.3 Å². The van der Waals surface area contributed by atoms with E-state index in [4.69, 9.17) is 10.5 Å². The maximum absolute atomic E-state index is 12.0. The monoisotopic (exact) mass is 227 g/mol. The van der Waals surface area contributed by atoms with Gasteiger partial charge >= 0.3 is 5.97 Å². The Labute approximate surface area is 98.7 Å². The molecule has 0 aliphatic heterocycles. The molecule has 0 bridgehead atoms. The highest BCUT2D eigenvalue weighted by atomic mass is 16.5. The maximum atomic E-state index is 12.0. The van der Waals surface area contributed by atoms with E-state index in [1.807, 2.05) is 13.8 Å². The van der Waals surface area contributed by atoms with E-state index in [1.165, 1.54) is 19.3 Å². The van der Waals surface area contributed by atoms with E-state index in [0.29, 0.717) is 12.5 Å². The van der Waals surface area contributed by atoms with Crippen molar-refractivity contribution in [2.24, 2.45) is 17.1 Å². The van der Waals surface area contributed by atoms with Crippen molar-refractivity contribution < 1.29 is 9.53 Å². The highest BCUT2D eigenvalue weighted by molar-refractivity contribution is 5.76. The largest absolute Gasteiger partial charge is 0.462 e. The van der Waals surface area contributed by atoms with Gasteiger partial charge in [0.2, 0.25) is 0 Å². The molecule has 3 heteroatoms. The molecule has 0 heterocycles. The lowest BCUT2D eigenvalue weighted by Crippen LogP contribution is -2.40. The van der Waals surface area contributed by atoms with Crippen LogP contribution < -0.4 is 5.73 Å². The molecule has 3 atom stereocenters. The summed E-state index contributed by atoms with van der Waals surface area (Å²) in [6.07, 6.45) is 5.47. The highest BCUT2D eigenvalue weighted by Crippen LogP contribution is 2.29. The van der Waals surface area contributed by atoms with Crippen molar-refractivity contribution in [2.45, 2.75) is 59.0 Å². The van der Waals surface area contributed by atoms with E-state index >= 15 is 0 Å². The Morgan fingerprint density at radius 3 is 2.56 bits per heavy atom. The lowest BCUT2D eigenvalue weighted by molar-refractivity contribution is -0.164. The zero-order valence-electron chi connectivity index (χ0n) is 10.8. The molecule has 0 saturated heterocycles. The van der Waals surface area contributed by atoms with Crippen molar-refractivity contribution in [3.63, 3.8) is 0 Å². The molecule has 0 aromatic carbocycles. The first-order valence-electron chi connectivity index (χ1n) is 6.44. The molecule has 94 valence electrons. The molecule has 0 radical (unpaired) electrons. The van der Waals surface area contributed by atoms with Crippen LogP contribution in [0.25, 0.3) is 0 Å². The third-order valence-corrected chi connectivity index (χ3v) is 4.01. The third kappa shape index (κ3) is 2.97. The number of carbonyl (C=O) groups is 1. The molecule has 1 aliphatic rings. The van der Waals surface area contributed by atoms with Gasteiger partial charge in [0.15, 0.2) is 0 Å². The summed E-state index contributed by atoms with van der Waals surface area (Å²) < 4.78 is 5.63. The molecular formula is C13H25NO2. The number of rotatable bonds is 4. The summed E-state index contributed by atoms with van der Waals surface area (Å²) in [5.74, 6) is 0.382. The SMILES string of the molecule is CCC(C)(CN)C(=O)OC1CCCCC1C. The number of ether oxygens (including phenoxy) is 1. The first-order valence-corrected chi connectivity index (χ1v) is 6.44. The molecule has 0 aromatic rings. The van der Waals surface area contributed by atoms with Gasteiger partial charge in [-0.15, -0.1) is 0 Å². The van der Waals surface area contributed by atoms with Crippen LogP contribution in [0.5, 0.6) is 0 Å². The fraction of sp³-hybridized carbons (Fsp3) is 0.923. The molecule has 0 amide bonds. The zero-order chi connectivity index (χ0) is 12.2. The smallest absolute Gasteiger partial charge is 0.313 e. The van der Waals surface area contributed by atoms with Gasteiger partial charge < -0.3 is 10.5 Å². The molecule has 1 fully saturated rings. The van der Waals surface area contributed by atoms with Crippen LogP contribution in [0.2, 0.25) is 0 Å². The Kier molecular flexibility index (Phi) is 4.78. The zero-order valence-corrected chi connectivity index (χ0v) is 10.8. The minimum absolute atomic E-state index is 0.110. The molecule has 0 aromatic heterocycles. The predicted octanol–water partition coefficient (Wildman–Crippen LogP) is 2.48. The summed E-state index contributed by atoms with van der Waals surface area (Å²) in [6, 6.07) is 0. The third-order valence-electron chi connectivity index (χ3n) is 4.01. The molecule has 3 nitrogen and oxygen atoms in total. The lowest BCUT2D eigenvalue weighted by atomic mass is 9.85. The van der Waals surface area contributed by atoms with Crippen molar-refractivity contribution in [1.29, 1.82) is 0 Å². The van der Waals surface area contributed by atoms with Gasteiger partial charge in [-0.25, -0.2) is 0 Å². The second kappa shape index (κ2) is 5.67. The average molecular weight is 227 g/mol. The number of esters is 1. The van der Waals surface area contributed by atoms with Crippen molar-refractivity contribution >= 4 is 5.97 Å². The molecule has 3 unspecified atom stereocenters. The summed E-state index contributed by atoms with van der Waals surface area (Å²) in [4.78, 5) is 12.0. The Morgan fingerprint density at radius 2 is 2.06 bits per heavy atom. The molecular weight excluding hydrogens is 202 g/mol. The Bertz CT molecular complexity index is 236. The van der Waals surface area contributed by atoms with Crippen molar-refractivity contribution in [1.82, 2.24) is 0 Å². The van der Waals surface area contributed by atoms with Gasteiger partial charge in [-0.2, -0.15) is 0 Å². The minimum atomic E-state index is -0.503. The van der Waals surface area contributed by atoms with Gasteiger partial charge in [-0.3, -0.25) is 4.79 Å². The normalized spacial score (nSPS) is 29.5. The van der Waals surface area contributed by atoms with Crippen molar-refractivity contribution in [3.05, 3.63) is 0 Å². The quantitative estimate of drug-likeness (QED) is 0.751. The lowest BCUT2D eigenvalue weighted by Gasteiger charge is -2.32. The maximum Gasteiger partial charge on any atom is 0.313 e. The molecule has 1 aliphatic carbocycles. The van der Waals surface area contributed by atoms with Crippen LogP contribution in [0.15, 0.2) is 0 Å². The van der Waals surface area contributed by atoms with E-state index < -0.39 is 5.41 Å². The van der Waals surface area contributed by atoms with Crippen LogP contribution in [0.1, 0.15) is 52.9 Å². The Balaban J connectivity index is 2.55. The van der Waals surface area contributed by atoms with Gasteiger partial charge in [0.05, 0.1) is 5.41 Å². The van der Waals surface area contributed by atoms with E-state index in [0.717, 1.165) is 12.8 Å². The van der Waals surface area contributed by atoms with Crippen LogP contribution in [0.4, 0.5) is 0 Å². The van der Waals surface area contributed by atoms with Crippen LogP contribution in [0.3, 0.4) is 0 Å². The Morgan fingerprint density at radius 1 is 1.44 bits per heavy atom. The van der Waals surface area contributed by atoms with Gasteiger partial charge in [0.1, 0.15) is 6.10 Å². The number of nitrogens with two attached hydrogens (primary N) is 1. The van der Waals surface area contributed by atoms with Crippen molar-refractivity contribution in [2.75, 3.05) is 6.54 Å². The van der Waals surface area contributed by atoms with Crippen LogP contribution in [-0.4, -0.2) is 18.6 Å².